The van der Waals surface area contributed by atoms with Crippen LogP contribution in [0.4, 0.5) is 0 Å². The maximum absolute atomic E-state index is 13.5. The van der Waals surface area contributed by atoms with Crippen molar-refractivity contribution in [3.8, 4) is 0 Å². The molecule has 2 N–H and O–H groups in total. The van der Waals surface area contributed by atoms with Crippen molar-refractivity contribution >= 4 is 68.1 Å². The molecule has 11 nitrogen and oxygen atoms in total. The van der Waals surface area contributed by atoms with Crippen LogP contribution in [0.3, 0.4) is 0 Å². The molecule has 0 fully saturated rings. The lowest BCUT2D eigenvalue weighted by Gasteiger charge is -2.11. The first-order valence-electron chi connectivity index (χ1n) is 17.1. The largest absolute Gasteiger partial charge is 0.469 e. The van der Waals surface area contributed by atoms with E-state index in [-0.39, 0.29) is 42.2 Å². The van der Waals surface area contributed by atoms with Crippen molar-refractivity contribution in [3.63, 3.8) is 0 Å². The van der Waals surface area contributed by atoms with Gasteiger partial charge >= 0.3 is 17.9 Å². The lowest BCUT2D eigenvalue weighted by atomic mass is 9.93. The zero-order chi connectivity index (χ0) is 37.3. The molecule has 0 aromatic carbocycles. The normalized spacial score (nSPS) is 13.4. The fourth-order valence-electron chi connectivity index (χ4n) is 7.30. The maximum Gasteiger partial charge on any atom is 0.340 e. The number of hydrogen-bond acceptors (Lipinski definition) is 9. The standard InChI is InChI=1S/C40H46N4O7/c1-11-25-21(4)28-18-33-36(19(2)14-20(3)45)23(6)30(42-33)16-29-22(5)26(12-13-34(46)49-8)38(43-29)27(15-35(47)50-9)39-37(40(48)51-10)24(7)31(44-39)17-32(25)41-28/h16-19,41-42H,11-15H2,1-10H3. The SMILES string of the molecule is CCc1c(C)c2cc3[nH]c(cc4nc(c(CC(=O)OC)c5nc(cc1[nH]2)C(C)=C5C(=O)OC)C(CCC(=O)OC)=C4C)c(C)c3C(C)CC(C)=O. The number of carbonyl (C=O) groups is 4. The number of carbonyl (C=O) groups excluding carboxylic acids is 4. The second-order valence-electron chi connectivity index (χ2n) is 13.2. The van der Waals surface area contributed by atoms with Gasteiger partial charge in [-0.2, -0.15) is 0 Å². The van der Waals surface area contributed by atoms with E-state index < -0.39 is 17.9 Å². The first kappa shape index (κ1) is 36.9. The predicted octanol–water partition coefficient (Wildman–Crippen LogP) is 7.28. The van der Waals surface area contributed by atoms with Crippen molar-refractivity contribution in [1.82, 2.24) is 19.9 Å². The number of hydrogen-bond donors (Lipinski definition) is 2. The van der Waals surface area contributed by atoms with Crippen molar-refractivity contribution in [2.45, 2.75) is 86.5 Å². The minimum absolute atomic E-state index is 0.0629. The van der Waals surface area contributed by atoms with Gasteiger partial charge in [-0.05, 0) is 111 Å². The number of rotatable bonds is 10. The van der Waals surface area contributed by atoms with E-state index in [1.807, 2.05) is 26.0 Å². The molecule has 1 atom stereocenters. The van der Waals surface area contributed by atoms with Gasteiger partial charge < -0.3 is 29.0 Å². The Labute approximate surface area is 297 Å². The molecule has 0 saturated carbocycles. The molecule has 1 unspecified atom stereocenters. The number of fused-ring (bicyclic) bond motifs is 8. The van der Waals surface area contributed by atoms with Gasteiger partial charge in [0.1, 0.15) is 5.78 Å². The number of ether oxygens (including phenoxy) is 3. The third kappa shape index (κ3) is 7.02. The average molecular weight is 695 g/mol. The topological polar surface area (TPSA) is 153 Å². The molecule has 5 rings (SSSR count). The molecule has 8 bridgehead atoms. The van der Waals surface area contributed by atoms with E-state index in [1.54, 1.807) is 13.8 Å². The highest BCUT2D eigenvalue weighted by molar-refractivity contribution is 6.25. The number of nitrogens with zero attached hydrogens (tertiary/aromatic N) is 2. The zero-order valence-corrected chi connectivity index (χ0v) is 31.1. The fourth-order valence-corrected chi connectivity index (χ4v) is 7.30. The molecule has 0 aliphatic carbocycles. The average Bonchev–Trinajstić information content (AvgIpc) is 3.78. The molecular formula is C40H46N4O7. The number of esters is 3. The molecule has 5 heterocycles. The molecule has 3 aromatic rings. The van der Waals surface area contributed by atoms with Crippen LogP contribution in [0.2, 0.25) is 0 Å². The van der Waals surface area contributed by atoms with Crippen LogP contribution in [0.1, 0.15) is 110 Å². The Balaban J connectivity index is 2.05. The second-order valence-corrected chi connectivity index (χ2v) is 13.2. The van der Waals surface area contributed by atoms with Gasteiger partial charge in [0.15, 0.2) is 0 Å². The Kier molecular flexibility index (Phi) is 10.8. The summed E-state index contributed by atoms with van der Waals surface area (Å²) in [5.74, 6) is -1.51. The molecule has 3 aromatic heterocycles. The Morgan fingerprint density at radius 2 is 1.35 bits per heavy atom. The third-order valence-electron chi connectivity index (χ3n) is 10.0. The van der Waals surface area contributed by atoms with Crippen LogP contribution in [0.25, 0.3) is 44.4 Å². The van der Waals surface area contributed by atoms with Crippen LogP contribution < -0.4 is 0 Å². The minimum Gasteiger partial charge on any atom is -0.469 e. The van der Waals surface area contributed by atoms with Crippen LogP contribution >= 0.6 is 0 Å². The van der Waals surface area contributed by atoms with Crippen LogP contribution in [0, 0.1) is 13.8 Å². The molecular weight excluding hydrogens is 648 g/mol. The zero-order valence-electron chi connectivity index (χ0n) is 31.1. The fraction of sp³-hybridized carbons (Fsp3) is 0.400. The highest BCUT2D eigenvalue weighted by Gasteiger charge is 2.32. The maximum atomic E-state index is 13.5. The molecule has 11 heteroatoms. The number of methoxy groups -OCH3 is 3. The third-order valence-corrected chi connectivity index (χ3v) is 10.0. The molecule has 2 aliphatic heterocycles. The van der Waals surface area contributed by atoms with Gasteiger partial charge in [-0.3, -0.25) is 9.59 Å². The van der Waals surface area contributed by atoms with Crippen molar-refractivity contribution in [3.05, 3.63) is 68.8 Å². The van der Waals surface area contributed by atoms with Crippen molar-refractivity contribution < 1.29 is 33.4 Å². The van der Waals surface area contributed by atoms with E-state index in [0.717, 1.165) is 61.9 Å². The number of aromatic amines is 2. The summed E-state index contributed by atoms with van der Waals surface area (Å²) in [6.45, 7) is 13.6. The summed E-state index contributed by atoms with van der Waals surface area (Å²) in [6, 6.07) is 5.96. The lowest BCUT2D eigenvalue weighted by molar-refractivity contribution is -0.141. The summed E-state index contributed by atoms with van der Waals surface area (Å²) in [6.07, 6.45) is 1.21. The van der Waals surface area contributed by atoms with E-state index in [9.17, 15) is 19.2 Å². The van der Waals surface area contributed by atoms with Crippen molar-refractivity contribution in [2.24, 2.45) is 0 Å². The number of aromatic nitrogens is 4. The van der Waals surface area contributed by atoms with Gasteiger partial charge in [0.2, 0.25) is 0 Å². The molecule has 51 heavy (non-hydrogen) atoms. The summed E-state index contributed by atoms with van der Waals surface area (Å²) < 4.78 is 15.4. The van der Waals surface area contributed by atoms with Crippen LogP contribution in [-0.2, 0) is 46.2 Å². The van der Waals surface area contributed by atoms with Gasteiger partial charge in [-0.15, -0.1) is 0 Å². The smallest absolute Gasteiger partial charge is 0.340 e. The van der Waals surface area contributed by atoms with Gasteiger partial charge in [0, 0.05) is 40.5 Å². The highest BCUT2D eigenvalue weighted by Crippen LogP contribution is 2.41. The van der Waals surface area contributed by atoms with E-state index in [1.165, 1.54) is 21.3 Å². The Morgan fingerprint density at radius 3 is 1.98 bits per heavy atom. The first-order chi connectivity index (χ1) is 24.2. The highest BCUT2D eigenvalue weighted by atomic mass is 16.5. The molecule has 0 saturated heterocycles. The van der Waals surface area contributed by atoms with Gasteiger partial charge in [0.25, 0.3) is 0 Å². The van der Waals surface area contributed by atoms with E-state index in [0.29, 0.717) is 34.6 Å². The summed E-state index contributed by atoms with van der Waals surface area (Å²) in [7, 11) is 3.94. The van der Waals surface area contributed by atoms with Crippen LogP contribution in [0.15, 0.2) is 18.2 Å². The lowest BCUT2D eigenvalue weighted by Crippen LogP contribution is -2.12. The Hall–Kier alpha value is -5.32. The molecule has 0 spiro atoms. The quantitative estimate of drug-likeness (QED) is 0.165. The number of ketones is 1. The summed E-state index contributed by atoms with van der Waals surface area (Å²) in [4.78, 5) is 68.7. The van der Waals surface area contributed by atoms with Crippen molar-refractivity contribution in [1.29, 1.82) is 0 Å². The van der Waals surface area contributed by atoms with Gasteiger partial charge in [0.05, 0.1) is 56.1 Å². The molecule has 0 radical (unpaired) electrons. The predicted molar refractivity (Wildman–Crippen MR) is 198 cm³/mol. The van der Waals surface area contributed by atoms with E-state index in [4.69, 9.17) is 24.2 Å². The second kappa shape index (κ2) is 14.9. The van der Waals surface area contributed by atoms with Crippen LogP contribution in [-0.4, -0.2) is 65.0 Å². The summed E-state index contributed by atoms with van der Waals surface area (Å²) >= 11 is 0. The minimum atomic E-state index is -0.602. The van der Waals surface area contributed by atoms with Crippen molar-refractivity contribution in [2.75, 3.05) is 21.3 Å². The number of aryl methyl sites for hydroxylation is 3. The summed E-state index contributed by atoms with van der Waals surface area (Å²) in [5.41, 5.74) is 12.1. The number of H-pyrrole nitrogens is 2. The Bertz CT molecular complexity index is 2200. The van der Waals surface area contributed by atoms with Gasteiger partial charge in [-0.1, -0.05) is 13.8 Å². The number of nitrogens with one attached hydrogen (secondary N) is 2. The summed E-state index contributed by atoms with van der Waals surface area (Å²) in [5, 5.41) is 0. The van der Waals surface area contributed by atoms with E-state index in [2.05, 4.69) is 36.8 Å². The molecule has 268 valence electrons. The van der Waals surface area contributed by atoms with Gasteiger partial charge in [-0.25, -0.2) is 14.8 Å². The van der Waals surface area contributed by atoms with E-state index >= 15 is 0 Å². The van der Waals surface area contributed by atoms with Crippen LogP contribution in [0.5, 0.6) is 0 Å². The first-order valence-corrected chi connectivity index (χ1v) is 17.1. The number of Topliss-reactive ketones (excluding diaryl/α,β-unsaturated/α-hetero) is 1. The number of allylic oxidation sites excluding steroid dienone is 3. The monoisotopic (exact) mass is 694 g/mol. The molecule has 2 aliphatic rings. The molecule has 0 amide bonds. The Morgan fingerprint density at radius 1 is 0.745 bits per heavy atom.